The van der Waals surface area contributed by atoms with Crippen molar-refractivity contribution in [2.75, 3.05) is 4.72 Å². The molecular weight excluding hydrogens is 330 g/mol. The standard InChI is InChI=1S/C12H11N3O3S3/c13-6-8-3-4-10(18-8)9-7-20-12(14-9)15-21(16,17)11-2-1-5-19-11/h1-5,7H,6,13H2,(H,14,15). The van der Waals surface area contributed by atoms with Gasteiger partial charge in [0.15, 0.2) is 10.9 Å². The zero-order valence-corrected chi connectivity index (χ0v) is 13.1. The van der Waals surface area contributed by atoms with Crippen molar-refractivity contribution in [2.45, 2.75) is 10.8 Å². The summed E-state index contributed by atoms with van der Waals surface area (Å²) in [6, 6.07) is 6.75. The maximum Gasteiger partial charge on any atom is 0.273 e. The quantitative estimate of drug-likeness (QED) is 0.743. The van der Waals surface area contributed by atoms with Gasteiger partial charge in [0.25, 0.3) is 10.0 Å². The SMILES string of the molecule is NCc1ccc(-c2csc(NS(=O)(=O)c3cccs3)n2)o1. The van der Waals surface area contributed by atoms with Crippen LogP contribution in [0.25, 0.3) is 11.5 Å². The molecule has 0 fully saturated rings. The normalized spacial score (nSPS) is 11.7. The number of anilines is 1. The van der Waals surface area contributed by atoms with Gasteiger partial charge in [-0.15, -0.1) is 22.7 Å². The number of furan rings is 1. The molecule has 0 aliphatic carbocycles. The molecule has 0 bridgehead atoms. The Balaban J connectivity index is 1.82. The first-order valence-electron chi connectivity index (χ1n) is 5.89. The number of thiophene rings is 1. The highest BCUT2D eigenvalue weighted by Crippen LogP contribution is 2.28. The maximum absolute atomic E-state index is 12.1. The zero-order chi connectivity index (χ0) is 14.9. The van der Waals surface area contributed by atoms with Crippen LogP contribution in [0.4, 0.5) is 5.13 Å². The fourth-order valence-corrected chi connectivity index (χ4v) is 4.59. The van der Waals surface area contributed by atoms with Crippen LogP contribution in [0.2, 0.25) is 0 Å². The second kappa shape index (κ2) is 5.60. The molecule has 0 unspecified atom stereocenters. The van der Waals surface area contributed by atoms with Gasteiger partial charge < -0.3 is 10.2 Å². The molecule has 21 heavy (non-hydrogen) atoms. The maximum atomic E-state index is 12.1. The van der Waals surface area contributed by atoms with Gasteiger partial charge >= 0.3 is 0 Å². The summed E-state index contributed by atoms with van der Waals surface area (Å²) in [5.41, 5.74) is 6.05. The van der Waals surface area contributed by atoms with Crippen molar-refractivity contribution >= 4 is 37.8 Å². The van der Waals surface area contributed by atoms with Crippen molar-refractivity contribution in [3.05, 3.63) is 40.8 Å². The minimum Gasteiger partial charge on any atom is -0.458 e. The van der Waals surface area contributed by atoms with Crippen molar-refractivity contribution in [1.82, 2.24) is 4.98 Å². The van der Waals surface area contributed by atoms with E-state index in [4.69, 9.17) is 10.2 Å². The van der Waals surface area contributed by atoms with Crippen molar-refractivity contribution < 1.29 is 12.8 Å². The molecular formula is C12H11N3O3S3. The Morgan fingerprint density at radius 1 is 1.29 bits per heavy atom. The summed E-state index contributed by atoms with van der Waals surface area (Å²) in [6.07, 6.45) is 0. The number of thiazole rings is 1. The molecule has 0 saturated carbocycles. The first-order chi connectivity index (χ1) is 10.1. The van der Waals surface area contributed by atoms with E-state index in [9.17, 15) is 8.42 Å². The summed E-state index contributed by atoms with van der Waals surface area (Å²) in [6.45, 7) is 0.308. The summed E-state index contributed by atoms with van der Waals surface area (Å²) in [7, 11) is -3.57. The van der Waals surface area contributed by atoms with Gasteiger partial charge in [0.2, 0.25) is 0 Å². The van der Waals surface area contributed by atoms with Crippen molar-refractivity contribution in [2.24, 2.45) is 5.73 Å². The molecule has 0 aliphatic heterocycles. The highest BCUT2D eigenvalue weighted by Gasteiger charge is 2.18. The second-order valence-corrected chi connectivity index (χ2v) is 7.76. The lowest BCUT2D eigenvalue weighted by molar-refractivity contribution is 0.524. The van der Waals surface area contributed by atoms with E-state index >= 15 is 0 Å². The first-order valence-corrected chi connectivity index (χ1v) is 9.14. The minimum absolute atomic E-state index is 0.252. The lowest BCUT2D eigenvalue weighted by Crippen LogP contribution is -2.11. The lowest BCUT2D eigenvalue weighted by Gasteiger charge is -2.01. The number of nitrogens with one attached hydrogen (secondary N) is 1. The molecule has 3 N–H and O–H groups in total. The van der Waals surface area contributed by atoms with Crippen LogP contribution < -0.4 is 10.5 Å². The Hall–Kier alpha value is -1.68. The molecule has 0 aliphatic rings. The van der Waals surface area contributed by atoms with E-state index in [1.807, 2.05) is 0 Å². The Bertz CT molecular complexity index is 834. The van der Waals surface area contributed by atoms with E-state index < -0.39 is 10.0 Å². The van der Waals surface area contributed by atoms with Gasteiger partial charge in [0.05, 0.1) is 6.54 Å². The lowest BCUT2D eigenvalue weighted by atomic mass is 10.3. The van der Waals surface area contributed by atoms with E-state index in [0.717, 1.165) is 11.3 Å². The Morgan fingerprint density at radius 2 is 2.14 bits per heavy atom. The van der Waals surface area contributed by atoms with E-state index in [1.54, 1.807) is 35.0 Å². The highest BCUT2D eigenvalue weighted by molar-refractivity contribution is 7.94. The van der Waals surface area contributed by atoms with Crippen molar-refractivity contribution in [1.29, 1.82) is 0 Å². The van der Waals surface area contributed by atoms with Crippen LogP contribution in [0.1, 0.15) is 5.76 Å². The van der Waals surface area contributed by atoms with E-state index in [-0.39, 0.29) is 4.21 Å². The van der Waals surface area contributed by atoms with Crippen LogP contribution in [0.15, 0.2) is 43.7 Å². The van der Waals surface area contributed by atoms with E-state index in [2.05, 4.69) is 9.71 Å². The van der Waals surface area contributed by atoms with Crippen molar-refractivity contribution in [3.8, 4) is 11.5 Å². The number of hydrogen-bond donors (Lipinski definition) is 2. The Morgan fingerprint density at radius 3 is 2.81 bits per heavy atom. The number of hydrogen-bond acceptors (Lipinski definition) is 7. The molecule has 3 aromatic heterocycles. The van der Waals surface area contributed by atoms with Gasteiger partial charge in [-0.3, -0.25) is 4.72 Å². The van der Waals surface area contributed by atoms with Crippen molar-refractivity contribution in [3.63, 3.8) is 0 Å². The average Bonchev–Trinajstić information content (AvgIpc) is 3.19. The zero-order valence-electron chi connectivity index (χ0n) is 10.6. The Kier molecular flexibility index (Phi) is 3.81. The molecule has 3 heterocycles. The summed E-state index contributed by atoms with van der Waals surface area (Å²) in [5, 5.41) is 3.73. The third-order valence-corrected chi connectivity index (χ3v) is 6.22. The largest absolute Gasteiger partial charge is 0.458 e. The van der Waals surface area contributed by atoms with Crippen LogP contribution in [-0.4, -0.2) is 13.4 Å². The topological polar surface area (TPSA) is 98.2 Å². The summed E-state index contributed by atoms with van der Waals surface area (Å²) in [4.78, 5) is 4.22. The third kappa shape index (κ3) is 3.00. The van der Waals surface area contributed by atoms with Crippen LogP contribution in [0.3, 0.4) is 0 Å². The predicted octanol–water partition coefficient (Wildman–Crippen LogP) is 2.72. The molecule has 110 valence electrons. The third-order valence-electron chi connectivity index (χ3n) is 2.60. The van der Waals surface area contributed by atoms with Crippen LogP contribution in [0.5, 0.6) is 0 Å². The molecule has 9 heteroatoms. The number of rotatable bonds is 5. The van der Waals surface area contributed by atoms with Gasteiger partial charge in [-0.2, -0.15) is 0 Å². The number of nitrogens with two attached hydrogens (primary N) is 1. The van der Waals surface area contributed by atoms with Gasteiger partial charge in [-0.05, 0) is 23.6 Å². The Labute approximate surface area is 129 Å². The second-order valence-electron chi connectivity index (χ2n) is 4.05. The smallest absolute Gasteiger partial charge is 0.273 e. The molecule has 3 rings (SSSR count). The fraction of sp³-hybridized carbons (Fsp3) is 0.0833. The number of sulfonamides is 1. The summed E-state index contributed by atoms with van der Waals surface area (Å²) >= 11 is 2.35. The first kappa shape index (κ1) is 14.3. The number of aromatic nitrogens is 1. The molecule has 0 aromatic carbocycles. The van der Waals surface area contributed by atoms with Crippen LogP contribution >= 0.6 is 22.7 Å². The van der Waals surface area contributed by atoms with E-state index in [1.165, 1.54) is 11.3 Å². The van der Waals surface area contributed by atoms with Gasteiger partial charge in [-0.25, -0.2) is 13.4 Å². The molecule has 0 saturated heterocycles. The molecule has 0 atom stereocenters. The minimum atomic E-state index is -3.57. The molecule has 3 aromatic rings. The summed E-state index contributed by atoms with van der Waals surface area (Å²) < 4.78 is 32.4. The molecule has 0 radical (unpaired) electrons. The predicted molar refractivity (Wildman–Crippen MR) is 82.8 cm³/mol. The highest BCUT2D eigenvalue weighted by atomic mass is 32.2. The molecule has 0 amide bonds. The van der Waals surface area contributed by atoms with Crippen LogP contribution in [0, 0.1) is 0 Å². The average molecular weight is 341 g/mol. The van der Waals surface area contributed by atoms with Crippen LogP contribution in [-0.2, 0) is 16.6 Å². The monoisotopic (exact) mass is 341 g/mol. The fourth-order valence-electron chi connectivity index (χ4n) is 1.64. The van der Waals surface area contributed by atoms with Gasteiger partial charge in [0.1, 0.15) is 15.7 Å². The van der Waals surface area contributed by atoms with Gasteiger partial charge in [-0.1, -0.05) is 6.07 Å². The number of nitrogens with zero attached hydrogens (tertiary/aromatic N) is 1. The molecule has 6 nitrogen and oxygen atoms in total. The van der Waals surface area contributed by atoms with E-state index in [0.29, 0.717) is 28.9 Å². The van der Waals surface area contributed by atoms with Gasteiger partial charge in [0, 0.05) is 5.38 Å². The summed E-state index contributed by atoms with van der Waals surface area (Å²) in [5.74, 6) is 1.21. The molecule has 0 spiro atoms.